The Bertz CT molecular complexity index is 294. The second kappa shape index (κ2) is 6.39. The van der Waals surface area contributed by atoms with E-state index in [9.17, 15) is 9.90 Å². The van der Waals surface area contributed by atoms with Crippen molar-refractivity contribution in [2.24, 2.45) is 23.2 Å². The largest absolute Gasteiger partial charge is 0.396 e. The Morgan fingerprint density at radius 3 is 2.21 bits per heavy atom. The molecule has 0 bridgehead atoms. The molecule has 2 aliphatic rings. The number of carbonyl (C=O) groups is 1. The molecular formula is C17H30O2. The third-order valence-electron chi connectivity index (χ3n) is 5.72. The zero-order chi connectivity index (χ0) is 13.9. The number of hydrogen-bond donors (Lipinski definition) is 1. The van der Waals surface area contributed by atoms with E-state index in [0.29, 0.717) is 18.1 Å². The summed E-state index contributed by atoms with van der Waals surface area (Å²) in [6.07, 6.45) is 9.74. The average molecular weight is 266 g/mol. The van der Waals surface area contributed by atoms with Crippen molar-refractivity contribution in [2.45, 2.75) is 71.6 Å². The van der Waals surface area contributed by atoms with Gasteiger partial charge in [0.2, 0.25) is 0 Å². The zero-order valence-electron chi connectivity index (χ0n) is 12.7. The lowest BCUT2D eigenvalue weighted by atomic mass is 9.72. The van der Waals surface area contributed by atoms with Gasteiger partial charge in [-0.2, -0.15) is 0 Å². The molecule has 0 aromatic carbocycles. The molecule has 0 spiro atoms. The molecule has 2 saturated carbocycles. The second-order valence-corrected chi connectivity index (χ2v) is 7.36. The van der Waals surface area contributed by atoms with Gasteiger partial charge < -0.3 is 5.11 Å². The van der Waals surface area contributed by atoms with Crippen molar-refractivity contribution >= 4 is 5.78 Å². The first-order valence-corrected chi connectivity index (χ1v) is 8.20. The van der Waals surface area contributed by atoms with Crippen LogP contribution in [0.15, 0.2) is 0 Å². The van der Waals surface area contributed by atoms with Crippen LogP contribution in [-0.2, 0) is 4.79 Å². The van der Waals surface area contributed by atoms with Gasteiger partial charge in [-0.05, 0) is 50.4 Å². The van der Waals surface area contributed by atoms with Gasteiger partial charge in [-0.3, -0.25) is 4.79 Å². The Balaban J connectivity index is 1.84. The van der Waals surface area contributed by atoms with Crippen LogP contribution in [0.1, 0.15) is 71.6 Å². The monoisotopic (exact) mass is 266 g/mol. The molecule has 0 unspecified atom stereocenters. The first-order chi connectivity index (χ1) is 9.06. The van der Waals surface area contributed by atoms with Crippen LogP contribution in [0.5, 0.6) is 0 Å². The molecule has 19 heavy (non-hydrogen) atoms. The maximum atomic E-state index is 12.5. The fraction of sp³-hybridized carbons (Fsp3) is 0.941. The summed E-state index contributed by atoms with van der Waals surface area (Å²) in [5.41, 5.74) is -0.0496. The molecule has 0 aliphatic heterocycles. The van der Waals surface area contributed by atoms with Crippen LogP contribution in [0, 0.1) is 23.2 Å². The minimum atomic E-state index is -0.0496. The molecule has 2 rings (SSSR count). The van der Waals surface area contributed by atoms with E-state index in [1.165, 1.54) is 25.7 Å². The first-order valence-electron chi connectivity index (χ1n) is 8.20. The number of ketones is 1. The van der Waals surface area contributed by atoms with Crippen LogP contribution in [0.2, 0.25) is 0 Å². The Morgan fingerprint density at radius 2 is 1.74 bits per heavy atom. The highest BCUT2D eigenvalue weighted by Gasteiger charge is 2.37. The molecule has 0 radical (unpaired) electrons. The summed E-state index contributed by atoms with van der Waals surface area (Å²) < 4.78 is 0. The van der Waals surface area contributed by atoms with Gasteiger partial charge in [-0.25, -0.2) is 0 Å². The molecule has 0 heterocycles. The first kappa shape index (κ1) is 15.0. The summed E-state index contributed by atoms with van der Waals surface area (Å²) in [5, 5.41) is 9.63. The Labute approximate surface area is 118 Å². The molecule has 0 saturated heterocycles. The van der Waals surface area contributed by atoms with Gasteiger partial charge in [0.25, 0.3) is 0 Å². The van der Waals surface area contributed by atoms with E-state index in [-0.39, 0.29) is 12.0 Å². The summed E-state index contributed by atoms with van der Waals surface area (Å²) in [4.78, 5) is 12.5. The fourth-order valence-corrected chi connectivity index (χ4v) is 4.14. The number of aliphatic hydroxyl groups is 1. The predicted octanol–water partition coefficient (Wildman–Crippen LogP) is 3.96. The maximum Gasteiger partial charge on any atom is 0.136 e. The fourth-order valence-electron chi connectivity index (χ4n) is 4.14. The molecule has 0 aromatic rings. The van der Waals surface area contributed by atoms with Crippen LogP contribution in [0.25, 0.3) is 0 Å². The lowest BCUT2D eigenvalue weighted by Gasteiger charge is -2.32. The zero-order valence-corrected chi connectivity index (χ0v) is 12.7. The third kappa shape index (κ3) is 3.59. The van der Waals surface area contributed by atoms with Crippen molar-refractivity contribution in [2.75, 3.05) is 6.61 Å². The highest BCUT2D eigenvalue weighted by Crippen LogP contribution is 2.43. The van der Waals surface area contributed by atoms with Gasteiger partial charge >= 0.3 is 0 Å². The summed E-state index contributed by atoms with van der Waals surface area (Å²) in [5.74, 6) is 2.31. The van der Waals surface area contributed by atoms with E-state index in [0.717, 1.165) is 37.5 Å². The standard InChI is InChI=1S/C17H30O2/c1-13(2)14-5-7-15(8-6-14)16(19)11-17(12-18)9-3-4-10-17/h13-15,18H,3-12H2,1-2H3. The minimum absolute atomic E-state index is 0.0496. The molecule has 110 valence electrons. The van der Waals surface area contributed by atoms with Crippen molar-refractivity contribution in [3.8, 4) is 0 Å². The number of hydrogen-bond acceptors (Lipinski definition) is 2. The maximum absolute atomic E-state index is 12.5. The van der Waals surface area contributed by atoms with E-state index in [1.807, 2.05) is 0 Å². The Hall–Kier alpha value is -0.370. The van der Waals surface area contributed by atoms with E-state index in [4.69, 9.17) is 0 Å². The quantitative estimate of drug-likeness (QED) is 0.817. The lowest BCUT2D eigenvalue weighted by Crippen LogP contribution is -2.31. The second-order valence-electron chi connectivity index (χ2n) is 7.36. The Kier molecular flexibility index (Phi) is 5.05. The van der Waals surface area contributed by atoms with Gasteiger partial charge in [0.1, 0.15) is 5.78 Å². The van der Waals surface area contributed by atoms with Gasteiger partial charge in [0.15, 0.2) is 0 Å². The topological polar surface area (TPSA) is 37.3 Å². The third-order valence-corrected chi connectivity index (χ3v) is 5.72. The van der Waals surface area contributed by atoms with E-state index < -0.39 is 0 Å². The van der Waals surface area contributed by atoms with Gasteiger partial charge in [0, 0.05) is 24.4 Å². The SMILES string of the molecule is CC(C)C1CCC(C(=O)CC2(CO)CCCC2)CC1. The number of aliphatic hydroxyl groups excluding tert-OH is 1. The van der Waals surface area contributed by atoms with E-state index >= 15 is 0 Å². The normalized spacial score (nSPS) is 30.7. The van der Waals surface area contributed by atoms with Crippen LogP contribution in [0.4, 0.5) is 0 Å². The summed E-state index contributed by atoms with van der Waals surface area (Å²) in [6.45, 7) is 4.80. The van der Waals surface area contributed by atoms with Crippen molar-refractivity contribution in [1.29, 1.82) is 0 Å². The molecule has 0 atom stereocenters. The molecule has 0 aromatic heterocycles. The lowest BCUT2D eigenvalue weighted by molar-refractivity contribution is -0.127. The smallest absolute Gasteiger partial charge is 0.136 e. The molecule has 1 N–H and O–H groups in total. The Morgan fingerprint density at radius 1 is 1.16 bits per heavy atom. The molecule has 2 heteroatoms. The van der Waals surface area contributed by atoms with Crippen molar-refractivity contribution in [1.82, 2.24) is 0 Å². The van der Waals surface area contributed by atoms with Crippen molar-refractivity contribution in [3.63, 3.8) is 0 Å². The highest BCUT2D eigenvalue weighted by molar-refractivity contribution is 5.81. The number of rotatable bonds is 5. The highest BCUT2D eigenvalue weighted by atomic mass is 16.3. The van der Waals surface area contributed by atoms with Crippen LogP contribution < -0.4 is 0 Å². The van der Waals surface area contributed by atoms with Gasteiger partial charge in [-0.1, -0.05) is 26.7 Å². The van der Waals surface area contributed by atoms with E-state index in [2.05, 4.69) is 13.8 Å². The molecule has 0 amide bonds. The summed E-state index contributed by atoms with van der Waals surface area (Å²) in [6, 6.07) is 0. The van der Waals surface area contributed by atoms with Crippen LogP contribution >= 0.6 is 0 Å². The van der Waals surface area contributed by atoms with Crippen molar-refractivity contribution < 1.29 is 9.90 Å². The predicted molar refractivity (Wildman–Crippen MR) is 77.9 cm³/mol. The van der Waals surface area contributed by atoms with Gasteiger partial charge in [0.05, 0.1) is 0 Å². The number of Topliss-reactive ketones (excluding diaryl/α,β-unsaturated/α-hetero) is 1. The minimum Gasteiger partial charge on any atom is -0.396 e. The molecular weight excluding hydrogens is 236 g/mol. The van der Waals surface area contributed by atoms with Crippen LogP contribution in [-0.4, -0.2) is 17.5 Å². The number of carbonyl (C=O) groups excluding carboxylic acids is 1. The summed E-state index contributed by atoms with van der Waals surface area (Å²) in [7, 11) is 0. The molecule has 2 aliphatic carbocycles. The van der Waals surface area contributed by atoms with Gasteiger partial charge in [-0.15, -0.1) is 0 Å². The van der Waals surface area contributed by atoms with E-state index in [1.54, 1.807) is 0 Å². The molecule has 2 nitrogen and oxygen atoms in total. The average Bonchev–Trinajstić information content (AvgIpc) is 2.88. The molecule has 2 fully saturated rings. The summed E-state index contributed by atoms with van der Waals surface area (Å²) >= 11 is 0. The van der Waals surface area contributed by atoms with Crippen molar-refractivity contribution in [3.05, 3.63) is 0 Å². The van der Waals surface area contributed by atoms with Crippen LogP contribution in [0.3, 0.4) is 0 Å².